The summed E-state index contributed by atoms with van der Waals surface area (Å²) in [6, 6.07) is 19.1. The summed E-state index contributed by atoms with van der Waals surface area (Å²) in [6.45, 7) is 1.41. The number of nitrogens with one attached hydrogen (secondary N) is 1. The number of hydrogen-bond acceptors (Lipinski definition) is 4. The fourth-order valence-corrected chi connectivity index (χ4v) is 4.05. The molecule has 0 unspecified atom stereocenters. The molecular formula is C22H22N4O2S. The summed E-state index contributed by atoms with van der Waals surface area (Å²) >= 11 is 1.75. The first kappa shape index (κ1) is 19.0. The van der Waals surface area contributed by atoms with Crippen molar-refractivity contribution in [3.63, 3.8) is 0 Å². The molecule has 1 amide bonds. The fourth-order valence-electron chi connectivity index (χ4n) is 3.16. The van der Waals surface area contributed by atoms with Crippen LogP contribution in [0.1, 0.15) is 10.4 Å². The van der Waals surface area contributed by atoms with Crippen molar-refractivity contribution in [2.24, 2.45) is 10.7 Å². The lowest BCUT2D eigenvalue weighted by atomic mass is 10.1. The molecule has 0 bridgehead atoms. The second-order valence-corrected chi connectivity index (χ2v) is 7.70. The molecule has 0 saturated heterocycles. The number of guanidine groups is 1. The minimum atomic E-state index is -0.0206. The summed E-state index contributed by atoms with van der Waals surface area (Å²) in [5.41, 5.74) is 7.95. The zero-order valence-corrected chi connectivity index (χ0v) is 16.7. The van der Waals surface area contributed by atoms with Gasteiger partial charge in [-0.1, -0.05) is 24.3 Å². The van der Waals surface area contributed by atoms with E-state index in [1.165, 1.54) is 10.4 Å². The molecule has 3 N–H and O–H groups in total. The molecule has 4 rings (SSSR count). The number of hydrogen-bond donors (Lipinski definition) is 2. The number of carbonyl (C=O) groups excluding carboxylic acids is 1. The van der Waals surface area contributed by atoms with Crippen LogP contribution >= 0.6 is 11.3 Å². The largest absolute Gasteiger partial charge is 0.457 e. The smallest absolute Gasteiger partial charge is 0.244 e. The summed E-state index contributed by atoms with van der Waals surface area (Å²) in [5, 5.41) is 5.09. The van der Waals surface area contributed by atoms with Crippen LogP contribution in [0.2, 0.25) is 0 Å². The standard InChI is InChI=1S/C22H22N4O2S/c23-22(24-14-21(27)26-11-9-20-16(15-26)10-12-29-20)25-17-5-4-8-19(13-17)28-18-6-2-1-3-7-18/h1-8,10,12-13H,9,11,14-15H2,(H3,23,24,25). The molecule has 1 aliphatic rings. The number of para-hydroxylation sites is 1. The molecule has 3 aromatic rings. The van der Waals surface area contributed by atoms with E-state index < -0.39 is 0 Å². The Balaban J connectivity index is 1.33. The van der Waals surface area contributed by atoms with Gasteiger partial charge < -0.3 is 20.7 Å². The lowest BCUT2D eigenvalue weighted by Crippen LogP contribution is -2.37. The van der Waals surface area contributed by atoms with E-state index in [0.717, 1.165) is 24.4 Å². The maximum absolute atomic E-state index is 12.5. The molecule has 1 aliphatic heterocycles. The Morgan fingerprint density at radius 1 is 1.14 bits per heavy atom. The highest BCUT2D eigenvalue weighted by atomic mass is 32.1. The van der Waals surface area contributed by atoms with Gasteiger partial charge in [0.1, 0.15) is 18.0 Å². The van der Waals surface area contributed by atoms with Crippen molar-refractivity contribution in [1.29, 1.82) is 0 Å². The van der Waals surface area contributed by atoms with Gasteiger partial charge in [-0.25, -0.2) is 4.99 Å². The number of thiophene rings is 1. The van der Waals surface area contributed by atoms with Gasteiger partial charge in [0.15, 0.2) is 5.96 Å². The van der Waals surface area contributed by atoms with E-state index in [0.29, 0.717) is 12.3 Å². The Morgan fingerprint density at radius 2 is 1.97 bits per heavy atom. The van der Waals surface area contributed by atoms with Gasteiger partial charge in [0.05, 0.1) is 0 Å². The fraction of sp³-hybridized carbons (Fsp3) is 0.182. The predicted octanol–water partition coefficient (Wildman–Crippen LogP) is 3.85. The van der Waals surface area contributed by atoms with Gasteiger partial charge in [0, 0.05) is 29.7 Å². The average molecular weight is 407 g/mol. The zero-order valence-electron chi connectivity index (χ0n) is 15.9. The average Bonchev–Trinajstić information content (AvgIpc) is 3.21. The van der Waals surface area contributed by atoms with Crippen molar-refractivity contribution in [2.75, 3.05) is 18.4 Å². The quantitative estimate of drug-likeness (QED) is 0.498. The van der Waals surface area contributed by atoms with Crippen LogP contribution in [0.15, 0.2) is 71.0 Å². The zero-order chi connectivity index (χ0) is 20.1. The second kappa shape index (κ2) is 8.79. The van der Waals surface area contributed by atoms with Crippen molar-refractivity contribution in [3.05, 3.63) is 76.5 Å². The van der Waals surface area contributed by atoms with Crippen LogP contribution in [-0.4, -0.2) is 29.9 Å². The van der Waals surface area contributed by atoms with Gasteiger partial charge in [0.2, 0.25) is 5.91 Å². The first-order chi connectivity index (χ1) is 14.2. The SMILES string of the molecule is NC(=NCC(=O)N1CCc2sccc2C1)Nc1cccc(Oc2ccccc2)c1. The number of aliphatic imine (C=N–C) groups is 1. The van der Waals surface area contributed by atoms with Crippen molar-refractivity contribution >= 4 is 28.9 Å². The number of rotatable bonds is 5. The van der Waals surface area contributed by atoms with Gasteiger partial charge in [-0.2, -0.15) is 0 Å². The molecule has 7 heteroatoms. The summed E-state index contributed by atoms with van der Waals surface area (Å²) in [7, 11) is 0. The van der Waals surface area contributed by atoms with Gasteiger partial charge in [-0.05, 0) is 47.7 Å². The Morgan fingerprint density at radius 3 is 2.83 bits per heavy atom. The molecule has 29 heavy (non-hydrogen) atoms. The van der Waals surface area contributed by atoms with Crippen LogP contribution in [-0.2, 0) is 17.8 Å². The third-order valence-corrected chi connectivity index (χ3v) is 5.65. The van der Waals surface area contributed by atoms with E-state index in [9.17, 15) is 4.79 Å². The molecule has 0 spiro atoms. The monoisotopic (exact) mass is 406 g/mol. The number of ether oxygens (including phenoxy) is 1. The number of anilines is 1. The van der Waals surface area contributed by atoms with Gasteiger partial charge in [0.25, 0.3) is 0 Å². The van der Waals surface area contributed by atoms with Crippen LogP contribution in [0.4, 0.5) is 5.69 Å². The van der Waals surface area contributed by atoms with E-state index in [1.807, 2.05) is 59.5 Å². The van der Waals surface area contributed by atoms with Crippen molar-refractivity contribution in [3.8, 4) is 11.5 Å². The molecule has 2 aromatic carbocycles. The maximum Gasteiger partial charge on any atom is 0.244 e. The van der Waals surface area contributed by atoms with E-state index in [4.69, 9.17) is 10.5 Å². The minimum absolute atomic E-state index is 0.0206. The van der Waals surface area contributed by atoms with E-state index in [-0.39, 0.29) is 18.4 Å². The van der Waals surface area contributed by atoms with E-state index in [1.54, 1.807) is 11.3 Å². The highest BCUT2D eigenvalue weighted by Crippen LogP contribution is 2.25. The van der Waals surface area contributed by atoms with E-state index in [2.05, 4.69) is 21.8 Å². The van der Waals surface area contributed by atoms with Crippen LogP contribution < -0.4 is 15.8 Å². The normalized spacial score (nSPS) is 13.7. The Bertz CT molecular complexity index is 1020. The molecule has 0 radical (unpaired) electrons. The number of nitrogens with two attached hydrogens (primary N) is 1. The Labute approximate surface area is 173 Å². The number of nitrogens with zero attached hydrogens (tertiary/aromatic N) is 2. The highest BCUT2D eigenvalue weighted by Gasteiger charge is 2.21. The van der Waals surface area contributed by atoms with E-state index >= 15 is 0 Å². The topological polar surface area (TPSA) is 80.0 Å². The third kappa shape index (κ3) is 4.94. The summed E-state index contributed by atoms with van der Waals surface area (Å²) in [6.07, 6.45) is 0.907. The molecular weight excluding hydrogens is 384 g/mol. The molecule has 0 atom stereocenters. The summed E-state index contributed by atoms with van der Waals surface area (Å²) in [4.78, 5) is 19.9. The molecule has 0 saturated carbocycles. The highest BCUT2D eigenvalue weighted by molar-refractivity contribution is 7.10. The van der Waals surface area contributed by atoms with Gasteiger partial charge in [-0.15, -0.1) is 11.3 Å². The summed E-state index contributed by atoms with van der Waals surface area (Å²) in [5.74, 6) is 1.62. The molecule has 1 aromatic heterocycles. The lowest BCUT2D eigenvalue weighted by Gasteiger charge is -2.26. The van der Waals surface area contributed by atoms with Crippen LogP contribution in [0.5, 0.6) is 11.5 Å². The molecule has 0 fully saturated rings. The molecule has 2 heterocycles. The number of carbonyl (C=O) groups is 1. The van der Waals surface area contributed by atoms with Gasteiger partial charge in [-0.3, -0.25) is 4.79 Å². The van der Waals surface area contributed by atoms with Crippen molar-refractivity contribution in [2.45, 2.75) is 13.0 Å². The van der Waals surface area contributed by atoms with Crippen molar-refractivity contribution < 1.29 is 9.53 Å². The first-order valence-corrected chi connectivity index (χ1v) is 10.3. The maximum atomic E-state index is 12.5. The van der Waals surface area contributed by atoms with Crippen LogP contribution in [0.25, 0.3) is 0 Å². The van der Waals surface area contributed by atoms with Crippen molar-refractivity contribution in [1.82, 2.24) is 4.90 Å². The molecule has 148 valence electrons. The summed E-state index contributed by atoms with van der Waals surface area (Å²) < 4.78 is 5.82. The third-order valence-electron chi connectivity index (χ3n) is 4.63. The van der Waals surface area contributed by atoms with Crippen LogP contribution in [0.3, 0.4) is 0 Å². The second-order valence-electron chi connectivity index (χ2n) is 6.70. The number of amides is 1. The minimum Gasteiger partial charge on any atom is -0.457 e. The first-order valence-electron chi connectivity index (χ1n) is 9.40. The predicted molar refractivity (Wildman–Crippen MR) is 117 cm³/mol. The molecule has 6 nitrogen and oxygen atoms in total. The van der Waals surface area contributed by atoms with Gasteiger partial charge >= 0.3 is 0 Å². The number of benzene rings is 2. The Hall–Kier alpha value is -3.32. The van der Waals surface area contributed by atoms with Crippen LogP contribution in [0, 0.1) is 0 Å². The number of fused-ring (bicyclic) bond motifs is 1. The Kier molecular flexibility index (Phi) is 5.76. The lowest BCUT2D eigenvalue weighted by molar-refractivity contribution is -0.130. The molecule has 0 aliphatic carbocycles.